The van der Waals surface area contributed by atoms with Crippen molar-refractivity contribution in [2.75, 3.05) is 20.2 Å². The number of hydrogen-bond acceptors (Lipinski definition) is 6. The first-order chi connectivity index (χ1) is 15.8. The highest BCUT2D eigenvalue weighted by Gasteiger charge is 2.27. The number of sulfonamides is 1. The molecule has 0 radical (unpaired) electrons. The van der Waals surface area contributed by atoms with Gasteiger partial charge in [-0.25, -0.2) is 8.42 Å². The van der Waals surface area contributed by atoms with E-state index in [2.05, 4.69) is 4.98 Å². The molecule has 8 nitrogen and oxygen atoms in total. The number of rotatable bonds is 8. The molecule has 0 atom stereocenters. The molecule has 0 unspecified atom stereocenters. The summed E-state index contributed by atoms with van der Waals surface area (Å²) in [6.07, 6.45) is 5.23. The maximum absolute atomic E-state index is 13.1. The van der Waals surface area contributed by atoms with E-state index in [0.29, 0.717) is 30.2 Å². The fraction of sp³-hybridized carbons (Fsp3) is 0.333. The summed E-state index contributed by atoms with van der Waals surface area (Å²) in [5.74, 6) is 1.11. The Labute approximate surface area is 193 Å². The van der Waals surface area contributed by atoms with E-state index in [-0.39, 0.29) is 24.1 Å². The van der Waals surface area contributed by atoms with Crippen LogP contribution in [0.5, 0.6) is 11.6 Å². The van der Waals surface area contributed by atoms with Crippen molar-refractivity contribution in [1.29, 1.82) is 0 Å². The molecule has 3 aromatic rings. The zero-order valence-corrected chi connectivity index (χ0v) is 19.7. The minimum atomic E-state index is -3.62. The maximum Gasteiger partial charge on any atom is 0.243 e. The van der Waals surface area contributed by atoms with Gasteiger partial charge >= 0.3 is 0 Å². The zero-order chi connectivity index (χ0) is 23.6. The molecular weight excluding hydrogens is 442 g/mol. The fourth-order valence-electron chi connectivity index (χ4n) is 3.96. The third kappa shape index (κ3) is 4.65. The minimum Gasteiger partial charge on any atom is -0.491 e. The van der Waals surface area contributed by atoms with Gasteiger partial charge in [-0.3, -0.25) is 0 Å². The normalized spacial score (nSPS) is 15.0. The Kier molecular flexibility index (Phi) is 6.53. The number of benzene rings is 1. The number of carbonyl (C=O) groups is 1. The number of hydrogen-bond donors (Lipinski definition) is 0. The van der Waals surface area contributed by atoms with E-state index in [0.717, 1.165) is 22.8 Å². The zero-order valence-electron chi connectivity index (χ0n) is 18.9. The van der Waals surface area contributed by atoms with Crippen molar-refractivity contribution in [2.45, 2.75) is 37.8 Å². The molecule has 0 bridgehead atoms. The molecule has 1 aliphatic heterocycles. The van der Waals surface area contributed by atoms with Crippen LogP contribution in [0.3, 0.4) is 0 Å². The molecule has 0 fully saturated rings. The van der Waals surface area contributed by atoms with Crippen molar-refractivity contribution >= 4 is 32.9 Å². The summed E-state index contributed by atoms with van der Waals surface area (Å²) in [7, 11) is -2.07. The molecule has 4 rings (SSSR count). The summed E-state index contributed by atoms with van der Waals surface area (Å²) < 4.78 is 40.3. The van der Waals surface area contributed by atoms with E-state index in [1.807, 2.05) is 32.2 Å². The molecule has 0 aliphatic carbocycles. The van der Waals surface area contributed by atoms with Crippen LogP contribution in [0.25, 0.3) is 16.6 Å². The van der Waals surface area contributed by atoms with E-state index >= 15 is 0 Å². The van der Waals surface area contributed by atoms with Crippen molar-refractivity contribution in [1.82, 2.24) is 13.9 Å². The quantitative estimate of drug-likeness (QED) is 0.469. The first-order valence-electron chi connectivity index (χ1n) is 10.8. The molecular formula is C24H27N3O5S. The number of pyridine rings is 1. The number of aromatic nitrogens is 2. The van der Waals surface area contributed by atoms with Gasteiger partial charge < -0.3 is 18.8 Å². The van der Waals surface area contributed by atoms with Gasteiger partial charge in [0.1, 0.15) is 17.7 Å². The van der Waals surface area contributed by atoms with Gasteiger partial charge in [-0.1, -0.05) is 6.08 Å². The van der Waals surface area contributed by atoms with E-state index in [1.54, 1.807) is 42.0 Å². The van der Waals surface area contributed by atoms with Gasteiger partial charge in [0.15, 0.2) is 0 Å². The van der Waals surface area contributed by atoms with Crippen LogP contribution in [-0.2, 0) is 21.4 Å². The summed E-state index contributed by atoms with van der Waals surface area (Å²) in [5, 5.41) is 0.904. The van der Waals surface area contributed by atoms with Gasteiger partial charge in [0.25, 0.3) is 0 Å². The molecule has 3 heterocycles. The second kappa shape index (κ2) is 9.36. The van der Waals surface area contributed by atoms with Crippen LogP contribution in [0.4, 0.5) is 0 Å². The van der Waals surface area contributed by atoms with E-state index in [9.17, 15) is 13.2 Å². The number of carbonyl (C=O) groups excluding carboxylic acids is 1. The molecule has 2 aromatic heterocycles. The van der Waals surface area contributed by atoms with E-state index in [4.69, 9.17) is 9.47 Å². The standard InChI is InChI=1S/C24H27N3O5S/c1-17(2)32-19-4-6-20(7-5-19)33(29,30)27-12-10-18(11-13-27)22-16-26(14-15-28)24-21(22)8-9-23(25-24)31-3/h4-10,15-17H,11-14H2,1-3H3. The molecule has 0 amide bonds. The number of nitrogens with zero attached hydrogens (tertiary/aromatic N) is 3. The van der Waals surface area contributed by atoms with Crippen LogP contribution in [-0.4, -0.2) is 54.9 Å². The topological polar surface area (TPSA) is 90.7 Å². The molecule has 1 aromatic carbocycles. The van der Waals surface area contributed by atoms with Crippen LogP contribution in [0.1, 0.15) is 25.8 Å². The second-order valence-corrected chi connectivity index (χ2v) is 10.0. The average molecular weight is 470 g/mol. The number of aldehydes is 1. The first-order valence-corrected chi connectivity index (χ1v) is 12.2. The van der Waals surface area contributed by atoms with Crippen molar-refractivity contribution in [3.8, 4) is 11.6 Å². The lowest BCUT2D eigenvalue weighted by Crippen LogP contribution is -2.34. The summed E-state index contributed by atoms with van der Waals surface area (Å²) in [4.78, 5) is 15.9. The number of ether oxygens (including phenoxy) is 2. The lowest BCUT2D eigenvalue weighted by atomic mass is 10.0. The summed E-state index contributed by atoms with van der Waals surface area (Å²) in [6.45, 7) is 4.66. The summed E-state index contributed by atoms with van der Waals surface area (Å²) >= 11 is 0. The first kappa shape index (κ1) is 23.0. The Morgan fingerprint density at radius 1 is 1.15 bits per heavy atom. The van der Waals surface area contributed by atoms with Gasteiger partial charge in [0.05, 0.1) is 24.7 Å². The van der Waals surface area contributed by atoms with Crippen LogP contribution < -0.4 is 9.47 Å². The SMILES string of the molecule is COc1ccc2c(C3=CCN(S(=O)(=O)c4ccc(OC(C)C)cc4)CC3)cn(CC=O)c2n1. The Morgan fingerprint density at radius 3 is 2.52 bits per heavy atom. The Bertz CT molecular complexity index is 1290. The molecule has 1 aliphatic rings. The molecule has 33 heavy (non-hydrogen) atoms. The summed E-state index contributed by atoms with van der Waals surface area (Å²) in [5.41, 5.74) is 2.65. The Morgan fingerprint density at radius 2 is 1.91 bits per heavy atom. The maximum atomic E-state index is 13.1. The lowest BCUT2D eigenvalue weighted by molar-refractivity contribution is -0.108. The number of methoxy groups -OCH3 is 1. The highest BCUT2D eigenvalue weighted by atomic mass is 32.2. The highest BCUT2D eigenvalue weighted by molar-refractivity contribution is 7.89. The molecule has 0 saturated heterocycles. The lowest BCUT2D eigenvalue weighted by Gasteiger charge is -2.26. The predicted octanol–water partition coefficient (Wildman–Crippen LogP) is 3.51. The fourth-order valence-corrected chi connectivity index (χ4v) is 5.34. The highest BCUT2D eigenvalue weighted by Crippen LogP contribution is 2.33. The Hall–Kier alpha value is -3.17. The average Bonchev–Trinajstić information content (AvgIpc) is 3.17. The molecule has 9 heteroatoms. The minimum absolute atomic E-state index is 0.0203. The van der Waals surface area contributed by atoms with Crippen LogP contribution in [0, 0.1) is 0 Å². The molecule has 0 N–H and O–H groups in total. The van der Waals surface area contributed by atoms with E-state index < -0.39 is 10.0 Å². The van der Waals surface area contributed by atoms with Crippen molar-refractivity contribution in [3.05, 3.63) is 54.2 Å². The van der Waals surface area contributed by atoms with Crippen LogP contribution >= 0.6 is 0 Å². The van der Waals surface area contributed by atoms with E-state index in [1.165, 1.54) is 4.31 Å². The monoisotopic (exact) mass is 469 g/mol. The van der Waals surface area contributed by atoms with Crippen molar-refractivity contribution in [2.24, 2.45) is 0 Å². The molecule has 0 spiro atoms. The Balaban J connectivity index is 1.58. The third-order valence-corrected chi connectivity index (χ3v) is 7.41. The largest absolute Gasteiger partial charge is 0.491 e. The van der Waals surface area contributed by atoms with Crippen LogP contribution in [0.15, 0.2) is 53.6 Å². The van der Waals surface area contributed by atoms with Crippen molar-refractivity contribution in [3.63, 3.8) is 0 Å². The second-order valence-electron chi connectivity index (χ2n) is 8.07. The van der Waals surface area contributed by atoms with Crippen molar-refractivity contribution < 1.29 is 22.7 Å². The number of fused-ring (bicyclic) bond motifs is 1. The smallest absolute Gasteiger partial charge is 0.243 e. The van der Waals surface area contributed by atoms with Crippen LogP contribution in [0.2, 0.25) is 0 Å². The summed E-state index contributed by atoms with van der Waals surface area (Å²) in [6, 6.07) is 10.2. The van der Waals surface area contributed by atoms with Gasteiger partial charge in [-0.15, -0.1) is 0 Å². The molecule has 174 valence electrons. The molecule has 0 saturated carbocycles. The third-order valence-electron chi connectivity index (χ3n) is 5.53. The van der Waals surface area contributed by atoms with Gasteiger partial charge in [0.2, 0.25) is 15.9 Å². The van der Waals surface area contributed by atoms with Gasteiger partial charge in [-0.2, -0.15) is 9.29 Å². The van der Waals surface area contributed by atoms with Gasteiger partial charge in [0, 0.05) is 36.3 Å². The predicted molar refractivity (Wildman–Crippen MR) is 126 cm³/mol. The van der Waals surface area contributed by atoms with Gasteiger partial charge in [-0.05, 0) is 56.2 Å².